The zero-order valence-corrected chi connectivity index (χ0v) is 16.4. The highest BCUT2D eigenvalue weighted by molar-refractivity contribution is 5.99. The highest BCUT2D eigenvalue weighted by Crippen LogP contribution is 2.21. The molecule has 0 fully saturated rings. The SMILES string of the molecule is CCCO/N=C(/COc1cccc(CC(=O)O)c1)c1cc(-c2ccc(F)cc2)no1. The van der Waals surface area contributed by atoms with Crippen molar-refractivity contribution < 1.29 is 28.4 Å². The molecule has 0 aliphatic rings. The summed E-state index contributed by atoms with van der Waals surface area (Å²) in [6.45, 7) is 2.41. The Balaban J connectivity index is 1.76. The van der Waals surface area contributed by atoms with Crippen LogP contribution in [0.3, 0.4) is 0 Å². The Hall–Kier alpha value is -3.68. The van der Waals surface area contributed by atoms with Crippen LogP contribution in [-0.4, -0.2) is 35.2 Å². The number of oxime groups is 1. The molecular formula is C22H21FN2O5. The van der Waals surface area contributed by atoms with Crippen molar-refractivity contribution in [2.45, 2.75) is 19.8 Å². The lowest BCUT2D eigenvalue weighted by atomic mass is 10.1. The lowest BCUT2D eigenvalue weighted by molar-refractivity contribution is -0.136. The largest absolute Gasteiger partial charge is 0.487 e. The van der Waals surface area contributed by atoms with Crippen molar-refractivity contribution in [1.82, 2.24) is 5.16 Å². The fourth-order valence-electron chi connectivity index (χ4n) is 2.60. The molecule has 3 rings (SSSR count). The summed E-state index contributed by atoms with van der Waals surface area (Å²) in [6.07, 6.45) is 0.687. The normalized spacial score (nSPS) is 11.3. The summed E-state index contributed by atoms with van der Waals surface area (Å²) in [4.78, 5) is 16.2. The van der Waals surface area contributed by atoms with Crippen LogP contribution < -0.4 is 4.74 Å². The molecule has 3 aromatic rings. The Morgan fingerprint density at radius 2 is 2.00 bits per heavy atom. The molecule has 0 unspecified atom stereocenters. The van der Waals surface area contributed by atoms with Crippen LogP contribution >= 0.6 is 0 Å². The Morgan fingerprint density at radius 3 is 2.73 bits per heavy atom. The monoisotopic (exact) mass is 412 g/mol. The van der Waals surface area contributed by atoms with Gasteiger partial charge in [0, 0.05) is 11.6 Å². The molecule has 7 nitrogen and oxygen atoms in total. The third-order valence-corrected chi connectivity index (χ3v) is 4.03. The molecule has 0 saturated carbocycles. The van der Waals surface area contributed by atoms with Crippen molar-refractivity contribution in [3.8, 4) is 17.0 Å². The maximum Gasteiger partial charge on any atom is 0.307 e. The number of aromatic nitrogens is 1. The van der Waals surface area contributed by atoms with Gasteiger partial charge in [0.1, 0.15) is 30.5 Å². The zero-order valence-electron chi connectivity index (χ0n) is 16.4. The van der Waals surface area contributed by atoms with Gasteiger partial charge in [0.15, 0.2) is 11.5 Å². The van der Waals surface area contributed by atoms with E-state index in [1.807, 2.05) is 6.92 Å². The minimum atomic E-state index is -0.919. The van der Waals surface area contributed by atoms with E-state index in [2.05, 4.69) is 10.3 Å². The van der Waals surface area contributed by atoms with E-state index in [9.17, 15) is 9.18 Å². The minimum Gasteiger partial charge on any atom is -0.487 e. The second kappa shape index (κ2) is 10.2. The van der Waals surface area contributed by atoms with E-state index in [0.29, 0.717) is 40.6 Å². The summed E-state index contributed by atoms with van der Waals surface area (Å²) in [6, 6.07) is 14.4. The van der Waals surface area contributed by atoms with Gasteiger partial charge in [-0.3, -0.25) is 4.79 Å². The molecule has 0 amide bonds. The first-order valence-electron chi connectivity index (χ1n) is 9.40. The average Bonchev–Trinajstić information content (AvgIpc) is 3.21. The lowest BCUT2D eigenvalue weighted by Gasteiger charge is -2.08. The van der Waals surface area contributed by atoms with Gasteiger partial charge in [0.05, 0.1) is 6.42 Å². The molecular weight excluding hydrogens is 391 g/mol. The second-order valence-corrected chi connectivity index (χ2v) is 6.46. The first-order chi connectivity index (χ1) is 14.5. The van der Waals surface area contributed by atoms with Crippen molar-refractivity contribution in [2.24, 2.45) is 5.16 Å². The van der Waals surface area contributed by atoms with E-state index < -0.39 is 5.97 Å². The maximum atomic E-state index is 13.1. The molecule has 0 atom stereocenters. The molecule has 156 valence electrons. The third kappa shape index (κ3) is 5.91. The number of carboxylic acids is 1. The van der Waals surface area contributed by atoms with Gasteiger partial charge < -0.3 is 19.2 Å². The summed E-state index contributed by atoms with van der Waals surface area (Å²) in [5, 5.41) is 17.0. The molecule has 0 bridgehead atoms. The number of ether oxygens (including phenoxy) is 1. The number of aliphatic carboxylic acids is 1. The average molecular weight is 412 g/mol. The van der Waals surface area contributed by atoms with Crippen molar-refractivity contribution in [3.05, 3.63) is 71.7 Å². The first-order valence-corrected chi connectivity index (χ1v) is 9.40. The van der Waals surface area contributed by atoms with E-state index in [1.165, 1.54) is 12.1 Å². The number of carboxylic acid groups (broad SMARTS) is 1. The highest BCUT2D eigenvalue weighted by atomic mass is 19.1. The van der Waals surface area contributed by atoms with Crippen LogP contribution in [0.1, 0.15) is 24.7 Å². The molecule has 0 radical (unpaired) electrons. The fourth-order valence-corrected chi connectivity index (χ4v) is 2.60. The molecule has 0 spiro atoms. The number of carbonyl (C=O) groups is 1. The van der Waals surface area contributed by atoms with Crippen LogP contribution in [0.5, 0.6) is 5.75 Å². The van der Waals surface area contributed by atoms with Crippen LogP contribution in [-0.2, 0) is 16.1 Å². The number of hydrogen-bond donors (Lipinski definition) is 1. The quantitative estimate of drug-likeness (QED) is 0.303. The third-order valence-electron chi connectivity index (χ3n) is 4.03. The molecule has 2 aromatic carbocycles. The molecule has 1 aromatic heterocycles. The predicted molar refractivity (Wildman–Crippen MR) is 108 cm³/mol. The Kier molecular flexibility index (Phi) is 7.15. The van der Waals surface area contributed by atoms with E-state index in [0.717, 1.165) is 6.42 Å². The summed E-state index contributed by atoms with van der Waals surface area (Å²) >= 11 is 0. The fraction of sp³-hybridized carbons (Fsp3) is 0.227. The van der Waals surface area contributed by atoms with Gasteiger partial charge in [0.2, 0.25) is 0 Å². The summed E-state index contributed by atoms with van der Waals surface area (Å²) in [5.41, 5.74) is 2.23. The molecule has 0 aliphatic heterocycles. The van der Waals surface area contributed by atoms with Gasteiger partial charge in [-0.2, -0.15) is 0 Å². The van der Waals surface area contributed by atoms with Gasteiger partial charge >= 0.3 is 5.97 Å². The second-order valence-electron chi connectivity index (χ2n) is 6.46. The van der Waals surface area contributed by atoms with Gasteiger partial charge in [0.25, 0.3) is 0 Å². The van der Waals surface area contributed by atoms with Crippen LogP contribution in [0, 0.1) is 5.82 Å². The lowest BCUT2D eigenvalue weighted by Crippen LogP contribution is -2.13. The Labute approximate surface area is 172 Å². The van der Waals surface area contributed by atoms with E-state index in [4.69, 9.17) is 19.2 Å². The van der Waals surface area contributed by atoms with Crippen LogP contribution in [0.2, 0.25) is 0 Å². The first kappa shape index (κ1) is 21.0. The number of benzene rings is 2. The van der Waals surface area contributed by atoms with E-state index >= 15 is 0 Å². The summed E-state index contributed by atoms with van der Waals surface area (Å²) < 4.78 is 24.3. The van der Waals surface area contributed by atoms with Crippen LogP contribution in [0.15, 0.2) is 64.3 Å². The number of rotatable bonds is 10. The molecule has 0 aliphatic carbocycles. The minimum absolute atomic E-state index is 0.0261. The molecule has 8 heteroatoms. The van der Waals surface area contributed by atoms with Crippen molar-refractivity contribution in [2.75, 3.05) is 13.2 Å². The van der Waals surface area contributed by atoms with Crippen molar-refractivity contribution >= 4 is 11.7 Å². The smallest absolute Gasteiger partial charge is 0.307 e. The number of nitrogens with zero attached hydrogens (tertiary/aromatic N) is 2. The predicted octanol–water partition coefficient (Wildman–Crippen LogP) is 4.32. The standard InChI is InChI=1S/C22H21FN2O5/c1-2-10-29-24-20(14-28-18-5-3-4-15(11-18)12-22(26)27)21-13-19(25-30-21)16-6-8-17(23)9-7-16/h3-9,11,13H,2,10,12,14H2,1H3,(H,26,27)/b24-20-. The molecule has 1 heterocycles. The van der Waals surface area contributed by atoms with Crippen LogP contribution in [0.4, 0.5) is 4.39 Å². The van der Waals surface area contributed by atoms with Gasteiger partial charge in [-0.15, -0.1) is 0 Å². The topological polar surface area (TPSA) is 94.2 Å². The summed E-state index contributed by atoms with van der Waals surface area (Å²) in [7, 11) is 0. The number of hydrogen-bond acceptors (Lipinski definition) is 6. The van der Waals surface area contributed by atoms with Crippen molar-refractivity contribution in [3.63, 3.8) is 0 Å². The zero-order chi connectivity index (χ0) is 21.3. The summed E-state index contributed by atoms with van der Waals surface area (Å²) in [5.74, 6) is -0.407. The maximum absolute atomic E-state index is 13.1. The Bertz CT molecular complexity index is 1010. The van der Waals surface area contributed by atoms with Gasteiger partial charge in [-0.05, 0) is 48.4 Å². The molecule has 30 heavy (non-hydrogen) atoms. The molecule has 1 N–H and O–H groups in total. The van der Waals surface area contributed by atoms with Crippen LogP contribution in [0.25, 0.3) is 11.3 Å². The van der Waals surface area contributed by atoms with Gasteiger partial charge in [-0.1, -0.05) is 29.4 Å². The van der Waals surface area contributed by atoms with E-state index in [-0.39, 0.29) is 18.8 Å². The van der Waals surface area contributed by atoms with Crippen molar-refractivity contribution in [1.29, 1.82) is 0 Å². The number of halogens is 1. The Morgan fingerprint density at radius 1 is 1.20 bits per heavy atom. The van der Waals surface area contributed by atoms with E-state index in [1.54, 1.807) is 42.5 Å². The molecule has 0 saturated heterocycles. The highest BCUT2D eigenvalue weighted by Gasteiger charge is 2.15. The van der Waals surface area contributed by atoms with Gasteiger partial charge in [-0.25, -0.2) is 4.39 Å².